The van der Waals surface area contributed by atoms with Gasteiger partial charge in [0.05, 0.1) is 0 Å². The maximum Gasteiger partial charge on any atom is 0.279 e. The van der Waals surface area contributed by atoms with Crippen molar-refractivity contribution >= 4 is 11.8 Å². The molecule has 1 atom stereocenters. The minimum absolute atomic E-state index is 0.0459. The van der Waals surface area contributed by atoms with Crippen molar-refractivity contribution in [2.75, 3.05) is 0 Å². The number of nitrogens with one attached hydrogen (secondary N) is 2. The van der Waals surface area contributed by atoms with E-state index in [1.807, 2.05) is 30.3 Å². The Morgan fingerprint density at radius 3 is 2.14 bits per heavy atom. The first kappa shape index (κ1) is 19.9. The fourth-order valence-corrected chi connectivity index (χ4v) is 2.38. The van der Waals surface area contributed by atoms with Gasteiger partial charge in [0.15, 0.2) is 17.7 Å². The topological polar surface area (TPSA) is 76.7 Å². The first-order chi connectivity index (χ1) is 14.0. The molecule has 0 aliphatic heterocycles. The first-order valence-corrected chi connectivity index (χ1v) is 8.87. The van der Waals surface area contributed by atoms with Crippen LogP contribution < -0.4 is 20.3 Å². The molecule has 0 aromatic heterocycles. The average molecular weight is 394 g/mol. The Hall–Kier alpha value is -3.87. The van der Waals surface area contributed by atoms with Gasteiger partial charge in [-0.15, -0.1) is 0 Å². The molecule has 6 nitrogen and oxygen atoms in total. The molecule has 0 unspecified atom stereocenters. The van der Waals surface area contributed by atoms with E-state index in [9.17, 15) is 14.0 Å². The number of rotatable bonds is 6. The van der Waals surface area contributed by atoms with Crippen LogP contribution in [0.1, 0.15) is 17.3 Å². The van der Waals surface area contributed by atoms with Gasteiger partial charge in [-0.2, -0.15) is 0 Å². The monoisotopic (exact) mass is 394 g/mol. The van der Waals surface area contributed by atoms with Crippen molar-refractivity contribution < 1.29 is 23.5 Å². The molecule has 3 aromatic carbocycles. The second-order valence-corrected chi connectivity index (χ2v) is 6.07. The molecular weight excluding hydrogens is 375 g/mol. The van der Waals surface area contributed by atoms with Crippen LogP contribution in [0.3, 0.4) is 0 Å². The summed E-state index contributed by atoms with van der Waals surface area (Å²) >= 11 is 0. The number of hydrazine groups is 1. The Morgan fingerprint density at radius 1 is 0.828 bits per heavy atom. The molecule has 0 aliphatic rings. The molecule has 0 radical (unpaired) electrons. The number of hydrogen-bond donors (Lipinski definition) is 2. The molecule has 0 saturated carbocycles. The molecule has 7 heteroatoms. The van der Waals surface area contributed by atoms with Gasteiger partial charge in [0.1, 0.15) is 11.5 Å². The summed E-state index contributed by atoms with van der Waals surface area (Å²) in [6, 6.07) is 21.4. The van der Waals surface area contributed by atoms with Gasteiger partial charge >= 0.3 is 0 Å². The number of carbonyl (C=O) groups excluding carboxylic acids is 2. The number of halogens is 1. The summed E-state index contributed by atoms with van der Waals surface area (Å²) in [7, 11) is 0. The lowest BCUT2D eigenvalue weighted by atomic mass is 10.2. The molecule has 0 fully saturated rings. The lowest BCUT2D eigenvalue weighted by Crippen LogP contribution is -2.47. The van der Waals surface area contributed by atoms with Crippen LogP contribution in [0, 0.1) is 5.82 Å². The molecule has 29 heavy (non-hydrogen) atoms. The van der Waals surface area contributed by atoms with E-state index in [2.05, 4.69) is 10.9 Å². The van der Waals surface area contributed by atoms with Crippen molar-refractivity contribution in [3.63, 3.8) is 0 Å². The summed E-state index contributed by atoms with van der Waals surface area (Å²) in [5.41, 5.74) is 4.88. The van der Waals surface area contributed by atoms with Crippen LogP contribution in [0.2, 0.25) is 0 Å². The first-order valence-electron chi connectivity index (χ1n) is 8.87. The number of benzene rings is 3. The highest BCUT2D eigenvalue weighted by Crippen LogP contribution is 2.21. The highest BCUT2D eigenvalue weighted by Gasteiger charge is 2.17. The lowest BCUT2D eigenvalue weighted by molar-refractivity contribution is -0.128. The van der Waals surface area contributed by atoms with E-state index in [0.29, 0.717) is 17.1 Å². The molecular formula is C22H19FN2O4. The van der Waals surface area contributed by atoms with E-state index in [-0.39, 0.29) is 5.75 Å². The second-order valence-electron chi connectivity index (χ2n) is 6.07. The average Bonchev–Trinajstić information content (AvgIpc) is 2.74. The Labute approximate surface area is 167 Å². The molecule has 0 aliphatic carbocycles. The predicted molar refractivity (Wildman–Crippen MR) is 105 cm³/mol. The Kier molecular flexibility index (Phi) is 6.42. The highest BCUT2D eigenvalue weighted by atomic mass is 19.1. The van der Waals surface area contributed by atoms with Crippen molar-refractivity contribution in [1.29, 1.82) is 0 Å². The number of hydrogen-bond acceptors (Lipinski definition) is 4. The standard InChI is InChI=1S/C22H19FN2O4/c1-15(28-20-10-6-5-9-19(20)23)21(26)24-25-22(27)16-11-13-18(14-12-16)29-17-7-3-2-4-8-17/h2-15H,1H3,(H,24,26)(H,25,27)/t15-/m0/s1. The molecule has 3 rings (SSSR count). The third kappa shape index (κ3) is 5.55. The Bertz CT molecular complexity index is 978. The second kappa shape index (κ2) is 9.36. The number of carbonyl (C=O) groups is 2. The van der Waals surface area contributed by atoms with Crippen LogP contribution in [0.5, 0.6) is 17.2 Å². The summed E-state index contributed by atoms with van der Waals surface area (Å²) < 4.78 is 24.5. The summed E-state index contributed by atoms with van der Waals surface area (Å²) in [6.45, 7) is 1.45. The molecule has 0 bridgehead atoms. The fourth-order valence-electron chi connectivity index (χ4n) is 2.38. The maximum absolute atomic E-state index is 13.6. The summed E-state index contributed by atoms with van der Waals surface area (Å²) in [5.74, 6) is -0.498. The zero-order valence-electron chi connectivity index (χ0n) is 15.6. The van der Waals surface area contributed by atoms with Crippen molar-refractivity contribution in [3.8, 4) is 17.2 Å². The van der Waals surface area contributed by atoms with Crippen LogP contribution in [-0.4, -0.2) is 17.9 Å². The molecule has 0 saturated heterocycles. The van der Waals surface area contributed by atoms with Gasteiger partial charge in [-0.3, -0.25) is 20.4 Å². The largest absolute Gasteiger partial charge is 0.478 e. The summed E-state index contributed by atoms with van der Waals surface area (Å²) in [4.78, 5) is 24.2. The smallest absolute Gasteiger partial charge is 0.279 e. The zero-order valence-corrected chi connectivity index (χ0v) is 15.6. The zero-order chi connectivity index (χ0) is 20.6. The molecule has 148 valence electrons. The van der Waals surface area contributed by atoms with Gasteiger partial charge in [-0.05, 0) is 55.5 Å². The normalized spacial score (nSPS) is 11.2. The Balaban J connectivity index is 1.50. The predicted octanol–water partition coefficient (Wildman–Crippen LogP) is 3.85. The third-order valence-electron chi connectivity index (χ3n) is 3.90. The SMILES string of the molecule is C[C@H](Oc1ccccc1F)C(=O)NNC(=O)c1ccc(Oc2ccccc2)cc1. The summed E-state index contributed by atoms with van der Waals surface area (Å²) in [6.07, 6.45) is -1.01. The third-order valence-corrected chi connectivity index (χ3v) is 3.90. The fraction of sp³-hybridized carbons (Fsp3) is 0.0909. The number of amides is 2. The van der Waals surface area contributed by atoms with Gasteiger partial charge in [0.2, 0.25) is 0 Å². The van der Waals surface area contributed by atoms with Crippen molar-refractivity contribution in [3.05, 3.63) is 90.2 Å². The van der Waals surface area contributed by atoms with Gasteiger partial charge in [0.25, 0.3) is 11.8 Å². The Morgan fingerprint density at radius 2 is 1.45 bits per heavy atom. The van der Waals surface area contributed by atoms with Gasteiger partial charge in [0, 0.05) is 5.56 Å². The highest BCUT2D eigenvalue weighted by molar-refractivity contribution is 5.95. The minimum atomic E-state index is -1.01. The van der Waals surface area contributed by atoms with E-state index in [0.717, 1.165) is 0 Å². The number of para-hydroxylation sites is 2. The molecule has 0 spiro atoms. The van der Waals surface area contributed by atoms with Crippen molar-refractivity contribution in [2.45, 2.75) is 13.0 Å². The van der Waals surface area contributed by atoms with Crippen LogP contribution in [0.15, 0.2) is 78.9 Å². The van der Waals surface area contributed by atoms with Crippen LogP contribution in [0.4, 0.5) is 4.39 Å². The van der Waals surface area contributed by atoms with Crippen LogP contribution in [0.25, 0.3) is 0 Å². The van der Waals surface area contributed by atoms with Gasteiger partial charge < -0.3 is 9.47 Å². The molecule has 2 N–H and O–H groups in total. The van der Waals surface area contributed by atoms with Crippen molar-refractivity contribution in [1.82, 2.24) is 10.9 Å². The van der Waals surface area contributed by atoms with E-state index >= 15 is 0 Å². The maximum atomic E-state index is 13.6. The van der Waals surface area contributed by atoms with Crippen LogP contribution in [-0.2, 0) is 4.79 Å². The van der Waals surface area contributed by atoms with Crippen LogP contribution >= 0.6 is 0 Å². The minimum Gasteiger partial charge on any atom is -0.478 e. The molecule has 2 amide bonds. The summed E-state index contributed by atoms with van der Waals surface area (Å²) in [5, 5.41) is 0. The van der Waals surface area contributed by atoms with E-state index in [1.165, 1.54) is 25.1 Å². The number of ether oxygens (including phenoxy) is 2. The lowest BCUT2D eigenvalue weighted by Gasteiger charge is -2.15. The van der Waals surface area contributed by atoms with E-state index < -0.39 is 23.7 Å². The molecule has 0 heterocycles. The van der Waals surface area contributed by atoms with Gasteiger partial charge in [-0.1, -0.05) is 30.3 Å². The van der Waals surface area contributed by atoms with Crippen molar-refractivity contribution in [2.24, 2.45) is 0 Å². The molecule has 3 aromatic rings. The van der Waals surface area contributed by atoms with Gasteiger partial charge in [-0.25, -0.2) is 4.39 Å². The quantitative estimate of drug-likeness (QED) is 0.623. The van der Waals surface area contributed by atoms with E-state index in [4.69, 9.17) is 9.47 Å². The van der Waals surface area contributed by atoms with E-state index in [1.54, 1.807) is 30.3 Å².